The van der Waals surface area contributed by atoms with Crippen molar-refractivity contribution in [2.75, 3.05) is 5.75 Å². The van der Waals surface area contributed by atoms with Crippen LogP contribution in [0.1, 0.15) is 59.7 Å². The summed E-state index contributed by atoms with van der Waals surface area (Å²) in [6.07, 6.45) is -4.48. The van der Waals surface area contributed by atoms with Crippen LogP contribution < -0.4 is 5.32 Å². The van der Waals surface area contributed by atoms with Crippen LogP contribution in [-0.4, -0.2) is 29.6 Å². The fourth-order valence-electron chi connectivity index (χ4n) is 4.38. The molecule has 0 saturated heterocycles. The average molecular weight is 544 g/mol. The molecule has 0 aliphatic heterocycles. The van der Waals surface area contributed by atoms with E-state index in [1.165, 1.54) is 24.3 Å². The number of nitrogens with one attached hydrogen (secondary N) is 1. The first-order chi connectivity index (χ1) is 17.9. The first-order valence-corrected chi connectivity index (χ1v) is 13.8. The number of alkyl halides is 3. The molecular weight excluding hydrogens is 515 g/mol. The molecule has 0 aliphatic rings. The van der Waals surface area contributed by atoms with Crippen LogP contribution in [0.5, 0.6) is 0 Å². The molecular formula is C28H28F3N3O3S. The van der Waals surface area contributed by atoms with Crippen LogP contribution in [0.25, 0.3) is 11.0 Å². The number of rotatable bonds is 8. The van der Waals surface area contributed by atoms with Gasteiger partial charge in [0.05, 0.1) is 27.2 Å². The lowest BCUT2D eigenvalue weighted by Crippen LogP contribution is -2.22. The minimum atomic E-state index is -4.47. The SMILES string of the molecule is CCS(=O)(=O)c1ccc(CNC(=O)c2ccc3c(c2)nc(Cc2ccccc2C(F)(F)F)n3C(C)C)cc1. The molecule has 0 unspecified atom stereocenters. The summed E-state index contributed by atoms with van der Waals surface area (Å²) >= 11 is 0. The smallest absolute Gasteiger partial charge is 0.348 e. The Kier molecular flexibility index (Phi) is 7.64. The summed E-state index contributed by atoms with van der Waals surface area (Å²) in [6, 6.07) is 16.8. The van der Waals surface area contributed by atoms with Gasteiger partial charge >= 0.3 is 6.18 Å². The number of carbonyl (C=O) groups excluding carboxylic acids is 1. The van der Waals surface area contributed by atoms with Gasteiger partial charge in [0.15, 0.2) is 9.84 Å². The van der Waals surface area contributed by atoms with Gasteiger partial charge in [-0.1, -0.05) is 37.3 Å². The molecule has 200 valence electrons. The fourth-order valence-corrected chi connectivity index (χ4v) is 5.26. The number of amides is 1. The van der Waals surface area contributed by atoms with Gasteiger partial charge < -0.3 is 9.88 Å². The number of imidazole rings is 1. The minimum Gasteiger partial charge on any atom is -0.348 e. The maximum atomic E-state index is 13.5. The lowest BCUT2D eigenvalue weighted by atomic mass is 10.0. The highest BCUT2D eigenvalue weighted by Crippen LogP contribution is 2.33. The molecule has 0 spiro atoms. The summed E-state index contributed by atoms with van der Waals surface area (Å²) in [5, 5.41) is 2.81. The Morgan fingerprint density at radius 2 is 1.71 bits per heavy atom. The van der Waals surface area contributed by atoms with Crippen molar-refractivity contribution < 1.29 is 26.4 Å². The Morgan fingerprint density at radius 1 is 1.03 bits per heavy atom. The first kappa shape index (κ1) is 27.4. The van der Waals surface area contributed by atoms with Gasteiger partial charge in [-0.25, -0.2) is 13.4 Å². The molecule has 6 nitrogen and oxygen atoms in total. The Morgan fingerprint density at radius 3 is 2.34 bits per heavy atom. The summed E-state index contributed by atoms with van der Waals surface area (Å²) < 4.78 is 66.5. The van der Waals surface area contributed by atoms with Crippen molar-refractivity contribution in [3.63, 3.8) is 0 Å². The Hall–Kier alpha value is -3.66. The molecule has 38 heavy (non-hydrogen) atoms. The molecule has 1 amide bonds. The van der Waals surface area contributed by atoms with Gasteiger partial charge in [0.25, 0.3) is 5.91 Å². The predicted molar refractivity (Wildman–Crippen MR) is 140 cm³/mol. The van der Waals surface area contributed by atoms with Gasteiger partial charge in [-0.05, 0) is 61.4 Å². The predicted octanol–water partition coefficient (Wildman–Crippen LogP) is 5.95. The monoisotopic (exact) mass is 543 g/mol. The number of carbonyl (C=O) groups is 1. The lowest BCUT2D eigenvalue weighted by molar-refractivity contribution is -0.138. The number of aromatic nitrogens is 2. The Bertz CT molecular complexity index is 1570. The molecule has 0 bridgehead atoms. The van der Waals surface area contributed by atoms with E-state index in [0.29, 0.717) is 16.9 Å². The number of hydrogen-bond acceptors (Lipinski definition) is 4. The van der Waals surface area contributed by atoms with Crippen LogP contribution >= 0.6 is 0 Å². The molecule has 0 aliphatic carbocycles. The van der Waals surface area contributed by atoms with E-state index < -0.39 is 21.6 Å². The molecule has 0 saturated carbocycles. The van der Waals surface area contributed by atoms with E-state index in [-0.39, 0.29) is 41.1 Å². The van der Waals surface area contributed by atoms with Crippen LogP contribution in [0, 0.1) is 0 Å². The standard InChI is InChI=1S/C28H28F3N3O3S/c1-4-38(36,37)22-12-9-19(10-13-22)17-32-27(35)21-11-14-25-24(15-21)33-26(34(25)18(2)3)16-20-7-5-6-8-23(20)28(29,30)31/h5-15,18H,4,16-17H2,1-3H3,(H,32,35). The van der Waals surface area contributed by atoms with E-state index in [1.807, 2.05) is 18.4 Å². The third-order valence-electron chi connectivity index (χ3n) is 6.33. The van der Waals surface area contributed by atoms with Crippen molar-refractivity contribution >= 4 is 26.8 Å². The largest absolute Gasteiger partial charge is 0.416 e. The Labute approximate surface area is 219 Å². The second kappa shape index (κ2) is 10.6. The molecule has 0 atom stereocenters. The lowest BCUT2D eigenvalue weighted by Gasteiger charge is -2.16. The molecule has 0 fully saturated rings. The summed E-state index contributed by atoms with van der Waals surface area (Å²) in [5.74, 6) is 0.140. The molecule has 1 heterocycles. The van der Waals surface area contributed by atoms with Crippen LogP contribution in [0.3, 0.4) is 0 Å². The summed E-state index contributed by atoms with van der Waals surface area (Å²) in [5.41, 5.74) is 1.78. The zero-order valence-corrected chi connectivity index (χ0v) is 22.0. The van der Waals surface area contributed by atoms with E-state index in [1.54, 1.807) is 43.3 Å². The number of sulfone groups is 1. The number of halogens is 3. The van der Waals surface area contributed by atoms with Gasteiger partial charge in [0.1, 0.15) is 5.82 Å². The molecule has 1 aromatic heterocycles. The summed E-state index contributed by atoms with van der Waals surface area (Å²) in [6.45, 7) is 5.63. The molecule has 1 N–H and O–H groups in total. The number of benzene rings is 3. The molecule has 0 radical (unpaired) electrons. The van der Waals surface area contributed by atoms with Gasteiger partial charge in [0.2, 0.25) is 0 Å². The van der Waals surface area contributed by atoms with Crippen molar-refractivity contribution in [2.24, 2.45) is 0 Å². The van der Waals surface area contributed by atoms with E-state index in [2.05, 4.69) is 10.3 Å². The maximum absolute atomic E-state index is 13.5. The first-order valence-electron chi connectivity index (χ1n) is 12.2. The molecule has 10 heteroatoms. The topological polar surface area (TPSA) is 81.1 Å². The van der Waals surface area contributed by atoms with Gasteiger partial charge in [-0.3, -0.25) is 4.79 Å². The van der Waals surface area contributed by atoms with Gasteiger partial charge in [-0.15, -0.1) is 0 Å². The minimum absolute atomic E-state index is 0.00613. The number of hydrogen-bond donors (Lipinski definition) is 1. The highest BCUT2D eigenvalue weighted by molar-refractivity contribution is 7.91. The van der Waals surface area contributed by atoms with Crippen LogP contribution in [-0.2, 0) is 29.0 Å². The molecule has 4 rings (SSSR count). The van der Waals surface area contributed by atoms with E-state index in [4.69, 9.17) is 0 Å². The maximum Gasteiger partial charge on any atom is 0.416 e. The van der Waals surface area contributed by atoms with Gasteiger partial charge in [0, 0.05) is 24.6 Å². The van der Waals surface area contributed by atoms with Crippen molar-refractivity contribution in [3.05, 3.63) is 94.8 Å². The normalized spacial score (nSPS) is 12.3. The third kappa shape index (κ3) is 5.75. The van der Waals surface area contributed by atoms with E-state index in [9.17, 15) is 26.4 Å². The molecule has 4 aromatic rings. The van der Waals surface area contributed by atoms with Gasteiger partial charge in [-0.2, -0.15) is 13.2 Å². The zero-order chi connectivity index (χ0) is 27.7. The zero-order valence-electron chi connectivity index (χ0n) is 21.2. The number of nitrogens with zero attached hydrogens (tertiary/aromatic N) is 2. The number of fused-ring (bicyclic) bond motifs is 1. The van der Waals surface area contributed by atoms with Crippen LogP contribution in [0.2, 0.25) is 0 Å². The van der Waals surface area contributed by atoms with Crippen molar-refractivity contribution in [2.45, 2.75) is 50.9 Å². The highest BCUT2D eigenvalue weighted by Gasteiger charge is 2.33. The van der Waals surface area contributed by atoms with Crippen molar-refractivity contribution in [1.29, 1.82) is 0 Å². The second-order valence-corrected chi connectivity index (χ2v) is 11.5. The van der Waals surface area contributed by atoms with Crippen LogP contribution in [0.4, 0.5) is 13.2 Å². The average Bonchev–Trinajstić information content (AvgIpc) is 3.24. The van der Waals surface area contributed by atoms with Crippen molar-refractivity contribution in [1.82, 2.24) is 14.9 Å². The van der Waals surface area contributed by atoms with E-state index in [0.717, 1.165) is 17.1 Å². The summed E-state index contributed by atoms with van der Waals surface area (Å²) in [4.78, 5) is 17.7. The van der Waals surface area contributed by atoms with Crippen LogP contribution in [0.15, 0.2) is 71.6 Å². The molecule has 3 aromatic carbocycles. The van der Waals surface area contributed by atoms with Crippen molar-refractivity contribution in [3.8, 4) is 0 Å². The quantitative estimate of drug-likeness (QED) is 0.298. The fraction of sp³-hybridized carbons (Fsp3) is 0.286. The third-order valence-corrected chi connectivity index (χ3v) is 8.08. The Balaban J connectivity index is 1.57. The van der Waals surface area contributed by atoms with E-state index >= 15 is 0 Å². The highest BCUT2D eigenvalue weighted by atomic mass is 32.2. The second-order valence-electron chi connectivity index (χ2n) is 9.26. The summed E-state index contributed by atoms with van der Waals surface area (Å²) in [7, 11) is -3.30.